The molecular formula is C20H25N3O3. The summed E-state index contributed by atoms with van der Waals surface area (Å²) < 4.78 is 5.33. The Hall–Kier alpha value is -2.39. The molecule has 1 saturated heterocycles. The second-order valence-electron chi connectivity index (χ2n) is 7.06. The molecule has 6 nitrogen and oxygen atoms in total. The van der Waals surface area contributed by atoms with Gasteiger partial charge in [-0.1, -0.05) is 31.1 Å². The number of carbonyl (C=O) groups excluding carboxylic acids is 2. The molecule has 2 heterocycles. The molecule has 0 bridgehead atoms. The molecule has 138 valence electrons. The highest BCUT2D eigenvalue weighted by Crippen LogP contribution is 2.29. The predicted octanol–water partition coefficient (Wildman–Crippen LogP) is 2.25. The molecule has 3 rings (SSSR count). The number of hydrogen-bond acceptors (Lipinski definition) is 4. The standard InChI is InChI=1S/C20H25N3O3/c1-15(24)22-18-6-5-16(13-21-18)7-11-20(9-3-2-4-10-20)23-19(25)17-8-12-26-14-17/h5-6,13,17H,2-4,8-10,12,14H2,1H3,(H,23,25)(H,21,22,24). The zero-order chi connectivity index (χ0) is 18.4. The summed E-state index contributed by atoms with van der Waals surface area (Å²) >= 11 is 0. The summed E-state index contributed by atoms with van der Waals surface area (Å²) in [5.41, 5.74) is 0.302. The Bertz CT molecular complexity index is 706. The van der Waals surface area contributed by atoms with Crippen LogP contribution in [0.2, 0.25) is 0 Å². The summed E-state index contributed by atoms with van der Waals surface area (Å²) in [5.74, 6) is 6.82. The van der Waals surface area contributed by atoms with Crippen molar-refractivity contribution in [2.24, 2.45) is 5.92 Å². The normalized spacial score (nSPS) is 21.3. The average Bonchev–Trinajstić information content (AvgIpc) is 3.16. The number of aromatic nitrogens is 1. The second-order valence-corrected chi connectivity index (χ2v) is 7.06. The van der Waals surface area contributed by atoms with Gasteiger partial charge in [-0.15, -0.1) is 0 Å². The van der Waals surface area contributed by atoms with Crippen LogP contribution in [-0.4, -0.2) is 35.6 Å². The highest BCUT2D eigenvalue weighted by atomic mass is 16.5. The largest absolute Gasteiger partial charge is 0.381 e. The molecule has 1 aliphatic heterocycles. The minimum Gasteiger partial charge on any atom is -0.381 e. The van der Waals surface area contributed by atoms with Crippen molar-refractivity contribution in [3.05, 3.63) is 23.9 Å². The lowest BCUT2D eigenvalue weighted by atomic mass is 9.81. The zero-order valence-corrected chi connectivity index (χ0v) is 15.1. The fourth-order valence-corrected chi connectivity index (χ4v) is 3.43. The van der Waals surface area contributed by atoms with E-state index in [4.69, 9.17) is 4.74 Å². The molecule has 6 heteroatoms. The van der Waals surface area contributed by atoms with Crippen molar-refractivity contribution in [3.63, 3.8) is 0 Å². The first kappa shape index (κ1) is 18.4. The van der Waals surface area contributed by atoms with E-state index in [0.717, 1.165) is 37.7 Å². The molecule has 0 radical (unpaired) electrons. The molecule has 2 N–H and O–H groups in total. The molecule has 1 aromatic heterocycles. The molecule has 0 spiro atoms. The molecule has 2 aliphatic rings. The summed E-state index contributed by atoms with van der Waals surface area (Å²) in [6, 6.07) is 3.56. The van der Waals surface area contributed by atoms with Crippen LogP contribution < -0.4 is 10.6 Å². The number of rotatable bonds is 3. The van der Waals surface area contributed by atoms with Crippen molar-refractivity contribution in [1.82, 2.24) is 10.3 Å². The van der Waals surface area contributed by atoms with E-state index in [-0.39, 0.29) is 17.7 Å². The van der Waals surface area contributed by atoms with E-state index in [1.165, 1.54) is 13.3 Å². The van der Waals surface area contributed by atoms with Gasteiger partial charge in [-0.2, -0.15) is 0 Å². The number of nitrogens with zero attached hydrogens (tertiary/aromatic N) is 1. The van der Waals surface area contributed by atoms with E-state index in [9.17, 15) is 9.59 Å². The third-order valence-electron chi connectivity index (χ3n) is 4.88. The van der Waals surface area contributed by atoms with E-state index in [2.05, 4.69) is 27.5 Å². The molecule has 1 aliphatic carbocycles. The topological polar surface area (TPSA) is 80.3 Å². The fraction of sp³-hybridized carbons (Fsp3) is 0.550. The van der Waals surface area contributed by atoms with Crippen LogP contribution in [0.25, 0.3) is 0 Å². The molecule has 0 aromatic carbocycles. The number of hydrogen-bond donors (Lipinski definition) is 2. The van der Waals surface area contributed by atoms with Gasteiger partial charge in [-0.3, -0.25) is 9.59 Å². The molecule has 1 unspecified atom stereocenters. The number of ether oxygens (including phenoxy) is 1. The monoisotopic (exact) mass is 355 g/mol. The van der Waals surface area contributed by atoms with Gasteiger partial charge in [0.1, 0.15) is 11.4 Å². The Kier molecular flexibility index (Phi) is 5.89. The summed E-state index contributed by atoms with van der Waals surface area (Å²) in [6.45, 7) is 2.60. The van der Waals surface area contributed by atoms with E-state index in [0.29, 0.717) is 19.0 Å². The van der Waals surface area contributed by atoms with Crippen LogP contribution in [-0.2, 0) is 14.3 Å². The van der Waals surface area contributed by atoms with Crippen LogP contribution in [0.5, 0.6) is 0 Å². The Morgan fingerprint density at radius 3 is 2.69 bits per heavy atom. The number of pyridine rings is 1. The molecule has 26 heavy (non-hydrogen) atoms. The highest BCUT2D eigenvalue weighted by molar-refractivity contribution is 5.87. The van der Waals surface area contributed by atoms with Crippen molar-refractivity contribution in [3.8, 4) is 11.8 Å². The van der Waals surface area contributed by atoms with Crippen molar-refractivity contribution in [2.75, 3.05) is 18.5 Å². The smallest absolute Gasteiger partial charge is 0.226 e. The number of carbonyl (C=O) groups is 2. The van der Waals surface area contributed by atoms with Crippen molar-refractivity contribution >= 4 is 17.6 Å². The van der Waals surface area contributed by atoms with Gasteiger partial charge in [0.25, 0.3) is 0 Å². The summed E-state index contributed by atoms with van der Waals surface area (Å²) in [4.78, 5) is 27.8. The van der Waals surface area contributed by atoms with Gasteiger partial charge in [0.05, 0.1) is 12.5 Å². The van der Waals surface area contributed by atoms with Gasteiger partial charge in [0, 0.05) is 25.3 Å². The van der Waals surface area contributed by atoms with Crippen LogP contribution >= 0.6 is 0 Å². The summed E-state index contributed by atoms with van der Waals surface area (Å²) in [7, 11) is 0. The minimum absolute atomic E-state index is 0.0535. The predicted molar refractivity (Wildman–Crippen MR) is 98.3 cm³/mol. The van der Waals surface area contributed by atoms with Crippen LogP contribution in [0.1, 0.15) is 51.0 Å². The maximum atomic E-state index is 12.6. The molecule has 2 amide bonds. The molecular weight excluding hydrogens is 330 g/mol. The zero-order valence-electron chi connectivity index (χ0n) is 15.1. The van der Waals surface area contributed by atoms with E-state index in [1.807, 2.05) is 6.07 Å². The minimum atomic E-state index is -0.464. The van der Waals surface area contributed by atoms with Gasteiger partial charge in [-0.25, -0.2) is 4.98 Å². The molecule has 1 aromatic rings. The van der Waals surface area contributed by atoms with Crippen molar-refractivity contribution in [2.45, 2.75) is 51.0 Å². The average molecular weight is 355 g/mol. The van der Waals surface area contributed by atoms with Crippen molar-refractivity contribution < 1.29 is 14.3 Å². The number of nitrogens with one attached hydrogen (secondary N) is 2. The first-order valence-electron chi connectivity index (χ1n) is 9.23. The first-order chi connectivity index (χ1) is 12.6. The van der Waals surface area contributed by atoms with Gasteiger partial charge in [0.2, 0.25) is 11.8 Å². The van der Waals surface area contributed by atoms with E-state index >= 15 is 0 Å². The lowest BCUT2D eigenvalue weighted by Gasteiger charge is -2.34. The summed E-state index contributed by atoms with van der Waals surface area (Å²) in [5, 5.41) is 5.85. The van der Waals surface area contributed by atoms with Gasteiger partial charge in [-0.05, 0) is 31.4 Å². The summed E-state index contributed by atoms with van der Waals surface area (Å²) in [6.07, 6.45) is 7.48. The van der Waals surface area contributed by atoms with Gasteiger partial charge >= 0.3 is 0 Å². The third kappa shape index (κ3) is 4.83. The highest BCUT2D eigenvalue weighted by Gasteiger charge is 2.35. The number of anilines is 1. The Morgan fingerprint density at radius 1 is 1.27 bits per heavy atom. The first-order valence-corrected chi connectivity index (χ1v) is 9.23. The Balaban J connectivity index is 1.73. The van der Waals surface area contributed by atoms with E-state index in [1.54, 1.807) is 12.3 Å². The van der Waals surface area contributed by atoms with Crippen LogP contribution in [0.3, 0.4) is 0 Å². The molecule has 2 fully saturated rings. The van der Waals surface area contributed by atoms with Gasteiger partial charge < -0.3 is 15.4 Å². The second kappa shape index (κ2) is 8.33. The third-order valence-corrected chi connectivity index (χ3v) is 4.88. The number of amides is 2. The Morgan fingerprint density at radius 2 is 2.08 bits per heavy atom. The van der Waals surface area contributed by atoms with E-state index < -0.39 is 5.54 Å². The Labute approximate surface area is 154 Å². The maximum Gasteiger partial charge on any atom is 0.226 e. The lowest BCUT2D eigenvalue weighted by Crippen LogP contribution is -2.50. The quantitative estimate of drug-likeness (QED) is 0.815. The molecule has 1 saturated carbocycles. The van der Waals surface area contributed by atoms with Crippen LogP contribution in [0.4, 0.5) is 5.82 Å². The van der Waals surface area contributed by atoms with Crippen LogP contribution in [0.15, 0.2) is 18.3 Å². The fourth-order valence-electron chi connectivity index (χ4n) is 3.43. The van der Waals surface area contributed by atoms with Crippen molar-refractivity contribution in [1.29, 1.82) is 0 Å². The molecule has 1 atom stereocenters. The SMILES string of the molecule is CC(=O)Nc1ccc(C#CC2(NC(=O)C3CCOC3)CCCCC2)cn1. The van der Waals surface area contributed by atoms with Gasteiger partial charge in [0.15, 0.2) is 0 Å². The van der Waals surface area contributed by atoms with Crippen LogP contribution in [0, 0.1) is 17.8 Å². The lowest BCUT2D eigenvalue weighted by molar-refractivity contribution is -0.126. The maximum absolute atomic E-state index is 12.6.